The largest absolute Gasteiger partial charge is 0.368 e. The van der Waals surface area contributed by atoms with Crippen molar-refractivity contribution in [2.45, 2.75) is 13.3 Å². The lowest BCUT2D eigenvalue weighted by molar-refractivity contribution is 0.0995. The van der Waals surface area contributed by atoms with Crippen molar-refractivity contribution in [1.82, 2.24) is 9.97 Å². The van der Waals surface area contributed by atoms with Crippen molar-refractivity contribution in [3.8, 4) is 0 Å². The van der Waals surface area contributed by atoms with Crippen LogP contribution in [0, 0.1) is 0 Å². The second kappa shape index (κ2) is 3.17. The molecular weight excluding hydrogens is 156 g/mol. The first-order valence-electron chi connectivity index (χ1n) is 3.56. The molecule has 12 heavy (non-hydrogen) atoms. The molecule has 0 aliphatic carbocycles. The van der Waals surface area contributed by atoms with E-state index >= 15 is 0 Å². The summed E-state index contributed by atoms with van der Waals surface area (Å²) in [5, 5.41) is 0. The van der Waals surface area contributed by atoms with E-state index in [4.69, 9.17) is 11.5 Å². The smallest absolute Gasteiger partial charge is 0.267 e. The zero-order valence-corrected chi connectivity index (χ0v) is 6.74. The topological polar surface area (TPSA) is 94.9 Å². The fraction of sp³-hybridized carbons (Fsp3) is 0.286. The fourth-order valence-electron chi connectivity index (χ4n) is 0.825. The van der Waals surface area contributed by atoms with E-state index in [2.05, 4.69) is 9.97 Å². The minimum absolute atomic E-state index is 0.0863. The third kappa shape index (κ3) is 1.69. The van der Waals surface area contributed by atoms with E-state index in [1.165, 1.54) is 0 Å². The number of nitrogens with zero attached hydrogens (tertiary/aromatic N) is 2. The Labute approximate surface area is 69.8 Å². The first-order chi connectivity index (χ1) is 5.63. The summed E-state index contributed by atoms with van der Waals surface area (Å²) in [6.45, 7) is 1.91. The summed E-state index contributed by atoms with van der Waals surface area (Å²) in [4.78, 5) is 18.3. The highest BCUT2D eigenvalue weighted by atomic mass is 16.1. The van der Waals surface area contributed by atoms with E-state index in [0.717, 1.165) is 5.69 Å². The van der Waals surface area contributed by atoms with Crippen molar-refractivity contribution < 1.29 is 4.79 Å². The second-order valence-electron chi connectivity index (χ2n) is 2.32. The normalized spacial score (nSPS) is 9.75. The molecule has 1 heterocycles. The molecular formula is C7H10N4O. The molecule has 0 aromatic carbocycles. The Kier molecular flexibility index (Phi) is 2.23. The SMILES string of the molecule is CCc1cc(C(N)=O)nc(N)n1. The van der Waals surface area contributed by atoms with Crippen LogP contribution in [0.4, 0.5) is 5.95 Å². The Balaban J connectivity index is 3.15. The average Bonchev–Trinajstić information content (AvgIpc) is 2.03. The highest BCUT2D eigenvalue weighted by Gasteiger charge is 2.05. The first kappa shape index (κ1) is 8.45. The van der Waals surface area contributed by atoms with Gasteiger partial charge in [-0.1, -0.05) is 6.92 Å². The number of amides is 1. The molecule has 0 unspecified atom stereocenters. The molecule has 0 spiro atoms. The fourth-order valence-corrected chi connectivity index (χ4v) is 0.825. The highest BCUT2D eigenvalue weighted by Crippen LogP contribution is 2.02. The van der Waals surface area contributed by atoms with Crippen molar-refractivity contribution >= 4 is 11.9 Å². The summed E-state index contributed by atoms with van der Waals surface area (Å²) >= 11 is 0. The molecule has 4 N–H and O–H groups in total. The predicted molar refractivity (Wildman–Crippen MR) is 44.3 cm³/mol. The van der Waals surface area contributed by atoms with Crippen molar-refractivity contribution in [3.63, 3.8) is 0 Å². The molecule has 0 saturated carbocycles. The molecule has 0 atom stereocenters. The van der Waals surface area contributed by atoms with Gasteiger partial charge >= 0.3 is 0 Å². The van der Waals surface area contributed by atoms with Crippen LogP contribution in [0.5, 0.6) is 0 Å². The standard InChI is InChI=1S/C7H10N4O/c1-2-4-3-5(6(8)12)11-7(9)10-4/h3H,2H2,1H3,(H2,8,12)(H2,9,10,11). The number of aryl methyl sites for hydroxylation is 1. The summed E-state index contributed by atoms with van der Waals surface area (Å²) in [6, 6.07) is 1.54. The van der Waals surface area contributed by atoms with E-state index in [9.17, 15) is 4.79 Å². The Bertz CT molecular complexity index is 310. The summed E-state index contributed by atoms with van der Waals surface area (Å²) in [6.07, 6.45) is 0.701. The number of hydrogen-bond donors (Lipinski definition) is 2. The van der Waals surface area contributed by atoms with Gasteiger partial charge in [0, 0.05) is 5.69 Å². The van der Waals surface area contributed by atoms with Gasteiger partial charge in [-0.2, -0.15) is 0 Å². The van der Waals surface area contributed by atoms with Gasteiger partial charge in [-0.25, -0.2) is 9.97 Å². The van der Waals surface area contributed by atoms with Crippen LogP contribution in [-0.4, -0.2) is 15.9 Å². The third-order valence-corrected chi connectivity index (χ3v) is 1.41. The van der Waals surface area contributed by atoms with Gasteiger partial charge in [0.2, 0.25) is 5.95 Å². The van der Waals surface area contributed by atoms with Crippen LogP contribution >= 0.6 is 0 Å². The molecule has 1 aromatic heterocycles. The number of carbonyl (C=O) groups is 1. The van der Waals surface area contributed by atoms with Crippen molar-refractivity contribution in [1.29, 1.82) is 0 Å². The van der Waals surface area contributed by atoms with Gasteiger partial charge in [0.05, 0.1) is 0 Å². The van der Waals surface area contributed by atoms with Crippen LogP contribution in [0.25, 0.3) is 0 Å². The summed E-state index contributed by atoms with van der Waals surface area (Å²) in [5.74, 6) is -0.498. The number of anilines is 1. The highest BCUT2D eigenvalue weighted by molar-refractivity contribution is 5.91. The lowest BCUT2D eigenvalue weighted by atomic mass is 10.2. The molecule has 5 heteroatoms. The average molecular weight is 166 g/mol. The van der Waals surface area contributed by atoms with Gasteiger partial charge in [-0.3, -0.25) is 4.79 Å². The van der Waals surface area contributed by atoms with E-state index < -0.39 is 5.91 Å². The summed E-state index contributed by atoms with van der Waals surface area (Å²) < 4.78 is 0. The van der Waals surface area contributed by atoms with Gasteiger partial charge in [0.15, 0.2) is 0 Å². The Morgan fingerprint density at radius 2 is 2.25 bits per heavy atom. The zero-order chi connectivity index (χ0) is 9.14. The Morgan fingerprint density at radius 1 is 1.58 bits per heavy atom. The van der Waals surface area contributed by atoms with Gasteiger partial charge in [0.1, 0.15) is 5.69 Å². The maximum Gasteiger partial charge on any atom is 0.267 e. The zero-order valence-electron chi connectivity index (χ0n) is 6.74. The molecule has 0 fully saturated rings. The molecule has 0 radical (unpaired) electrons. The van der Waals surface area contributed by atoms with E-state index in [1.54, 1.807) is 6.07 Å². The van der Waals surface area contributed by atoms with Gasteiger partial charge in [-0.05, 0) is 12.5 Å². The molecule has 1 amide bonds. The van der Waals surface area contributed by atoms with Gasteiger partial charge in [0.25, 0.3) is 5.91 Å². The maximum atomic E-state index is 10.7. The van der Waals surface area contributed by atoms with Gasteiger partial charge < -0.3 is 11.5 Å². The number of primary amides is 1. The minimum Gasteiger partial charge on any atom is -0.368 e. The molecule has 64 valence electrons. The molecule has 1 aromatic rings. The lowest BCUT2D eigenvalue weighted by Crippen LogP contribution is -2.15. The minimum atomic E-state index is -0.584. The maximum absolute atomic E-state index is 10.7. The van der Waals surface area contributed by atoms with Crippen LogP contribution in [0.15, 0.2) is 6.07 Å². The van der Waals surface area contributed by atoms with Crippen molar-refractivity contribution in [2.24, 2.45) is 5.73 Å². The van der Waals surface area contributed by atoms with Crippen molar-refractivity contribution in [2.75, 3.05) is 5.73 Å². The van der Waals surface area contributed by atoms with E-state index in [1.807, 2.05) is 6.92 Å². The van der Waals surface area contributed by atoms with Crippen LogP contribution in [-0.2, 0) is 6.42 Å². The monoisotopic (exact) mass is 166 g/mol. The van der Waals surface area contributed by atoms with Crippen LogP contribution < -0.4 is 11.5 Å². The van der Waals surface area contributed by atoms with Crippen LogP contribution in [0.1, 0.15) is 23.1 Å². The van der Waals surface area contributed by atoms with Crippen LogP contribution in [0.3, 0.4) is 0 Å². The van der Waals surface area contributed by atoms with Crippen LogP contribution in [0.2, 0.25) is 0 Å². The molecule has 0 saturated heterocycles. The summed E-state index contributed by atoms with van der Waals surface area (Å²) in [7, 11) is 0. The van der Waals surface area contributed by atoms with E-state index in [0.29, 0.717) is 6.42 Å². The Morgan fingerprint density at radius 3 is 2.75 bits per heavy atom. The second-order valence-corrected chi connectivity index (χ2v) is 2.32. The number of nitrogens with two attached hydrogens (primary N) is 2. The Hall–Kier alpha value is -1.65. The third-order valence-electron chi connectivity index (χ3n) is 1.41. The summed E-state index contributed by atoms with van der Waals surface area (Å²) in [5.41, 5.74) is 11.2. The lowest BCUT2D eigenvalue weighted by Gasteiger charge is -1.99. The molecule has 0 aliphatic rings. The number of rotatable bonds is 2. The number of aromatic nitrogens is 2. The quantitative estimate of drug-likeness (QED) is 0.631. The molecule has 5 nitrogen and oxygen atoms in total. The number of nitrogen functional groups attached to an aromatic ring is 1. The number of carbonyl (C=O) groups excluding carboxylic acids is 1. The molecule has 0 bridgehead atoms. The van der Waals surface area contributed by atoms with Gasteiger partial charge in [-0.15, -0.1) is 0 Å². The first-order valence-corrected chi connectivity index (χ1v) is 3.56. The number of hydrogen-bond acceptors (Lipinski definition) is 4. The molecule has 0 aliphatic heterocycles. The van der Waals surface area contributed by atoms with E-state index in [-0.39, 0.29) is 11.6 Å². The predicted octanol–water partition coefficient (Wildman–Crippen LogP) is -0.280. The van der Waals surface area contributed by atoms with Crippen molar-refractivity contribution in [3.05, 3.63) is 17.5 Å². The molecule has 1 rings (SSSR count).